The number of hydrogen-bond acceptors (Lipinski definition) is 3. The van der Waals surface area contributed by atoms with Gasteiger partial charge in [-0.25, -0.2) is 0 Å². The molecule has 0 fully saturated rings. The summed E-state index contributed by atoms with van der Waals surface area (Å²) in [5, 5.41) is 3.40. The van der Waals surface area contributed by atoms with Crippen molar-refractivity contribution in [2.75, 3.05) is 18.0 Å². The Labute approximate surface area is 121 Å². The lowest BCUT2D eigenvalue weighted by atomic mass is 10.2. The van der Waals surface area contributed by atoms with Gasteiger partial charge in [-0.2, -0.15) is 0 Å². The van der Waals surface area contributed by atoms with Gasteiger partial charge in [0.15, 0.2) is 0 Å². The topological polar surface area (TPSA) is 28.4 Å². The molecule has 0 radical (unpaired) electrons. The second-order valence-electron chi connectivity index (χ2n) is 4.95. The van der Waals surface area contributed by atoms with Gasteiger partial charge in [0.25, 0.3) is 0 Å². The number of furan rings is 1. The first-order chi connectivity index (χ1) is 9.72. The van der Waals surface area contributed by atoms with Gasteiger partial charge >= 0.3 is 0 Å². The quantitative estimate of drug-likeness (QED) is 0.832. The molecule has 0 amide bonds. The van der Waals surface area contributed by atoms with E-state index in [1.54, 1.807) is 0 Å². The fourth-order valence-corrected chi connectivity index (χ4v) is 2.32. The molecule has 1 heterocycles. The highest BCUT2D eigenvalue weighted by Gasteiger charge is 2.02. The normalized spacial score (nSPS) is 10.8. The van der Waals surface area contributed by atoms with Crippen molar-refractivity contribution in [2.45, 2.75) is 33.9 Å². The second-order valence-corrected chi connectivity index (χ2v) is 4.95. The van der Waals surface area contributed by atoms with Crippen molar-refractivity contribution in [3.63, 3.8) is 0 Å². The molecule has 0 aliphatic rings. The molecule has 0 saturated heterocycles. The van der Waals surface area contributed by atoms with Crippen LogP contribution >= 0.6 is 0 Å². The zero-order chi connectivity index (χ0) is 14.4. The van der Waals surface area contributed by atoms with E-state index in [0.717, 1.165) is 37.7 Å². The van der Waals surface area contributed by atoms with Crippen molar-refractivity contribution in [3.05, 3.63) is 53.5 Å². The Kier molecular flexibility index (Phi) is 5.24. The van der Waals surface area contributed by atoms with Crippen LogP contribution in [0.3, 0.4) is 0 Å². The molecule has 1 N–H and O–H groups in total. The smallest absolute Gasteiger partial charge is 0.117 e. The van der Waals surface area contributed by atoms with E-state index in [9.17, 15) is 0 Å². The Bertz CT molecular complexity index is 512. The van der Waals surface area contributed by atoms with E-state index in [-0.39, 0.29) is 0 Å². The minimum Gasteiger partial charge on any atom is -0.465 e. The van der Waals surface area contributed by atoms with Gasteiger partial charge in [0.1, 0.15) is 11.5 Å². The van der Waals surface area contributed by atoms with Gasteiger partial charge in [-0.1, -0.05) is 12.1 Å². The van der Waals surface area contributed by atoms with Crippen LogP contribution in [0.1, 0.15) is 30.9 Å². The van der Waals surface area contributed by atoms with Gasteiger partial charge in [-0.05, 0) is 50.6 Å². The van der Waals surface area contributed by atoms with Gasteiger partial charge in [0, 0.05) is 25.3 Å². The largest absolute Gasteiger partial charge is 0.465 e. The van der Waals surface area contributed by atoms with Crippen molar-refractivity contribution >= 4 is 5.69 Å². The summed E-state index contributed by atoms with van der Waals surface area (Å²) in [6.07, 6.45) is 0. The van der Waals surface area contributed by atoms with E-state index in [4.69, 9.17) is 4.42 Å². The Morgan fingerprint density at radius 2 is 1.65 bits per heavy atom. The van der Waals surface area contributed by atoms with E-state index >= 15 is 0 Å². The number of nitrogens with one attached hydrogen (secondary N) is 1. The summed E-state index contributed by atoms with van der Waals surface area (Å²) < 4.78 is 5.53. The summed E-state index contributed by atoms with van der Waals surface area (Å²) >= 11 is 0. The molecular formula is C17H24N2O. The highest BCUT2D eigenvalue weighted by molar-refractivity contribution is 5.47. The lowest BCUT2D eigenvalue weighted by Crippen LogP contribution is -2.21. The second kappa shape index (κ2) is 7.15. The van der Waals surface area contributed by atoms with Crippen LogP contribution in [0.2, 0.25) is 0 Å². The van der Waals surface area contributed by atoms with Crippen LogP contribution in [0.15, 0.2) is 40.8 Å². The monoisotopic (exact) mass is 272 g/mol. The lowest BCUT2D eigenvalue weighted by molar-refractivity contribution is 0.461. The summed E-state index contributed by atoms with van der Waals surface area (Å²) in [6, 6.07) is 12.8. The Morgan fingerprint density at radius 3 is 2.20 bits per heavy atom. The Morgan fingerprint density at radius 1 is 0.950 bits per heavy atom. The standard InChI is InChI=1S/C17H24N2O/c1-4-19(5-2)16-9-7-15(8-10-16)12-18-13-17-11-6-14(3)20-17/h6-11,18H,4-5,12-13H2,1-3H3. The van der Waals surface area contributed by atoms with Crippen LogP contribution in [-0.2, 0) is 13.1 Å². The third-order valence-corrected chi connectivity index (χ3v) is 3.49. The predicted molar refractivity (Wildman–Crippen MR) is 84.0 cm³/mol. The number of nitrogens with zero attached hydrogens (tertiary/aromatic N) is 1. The Hall–Kier alpha value is -1.74. The number of rotatable bonds is 7. The number of aryl methyl sites for hydroxylation is 1. The van der Waals surface area contributed by atoms with Crippen molar-refractivity contribution in [2.24, 2.45) is 0 Å². The van der Waals surface area contributed by atoms with Crippen molar-refractivity contribution in [1.82, 2.24) is 5.32 Å². The minimum absolute atomic E-state index is 0.769. The highest BCUT2D eigenvalue weighted by atomic mass is 16.3. The van der Waals surface area contributed by atoms with Gasteiger partial charge < -0.3 is 14.6 Å². The molecular weight excluding hydrogens is 248 g/mol. The van der Waals surface area contributed by atoms with E-state index < -0.39 is 0 Å². The number of hydrogen-bond donors (Lipinski definition) is 1. The molecule has 1 aromatic carbocycles. The fourth-order valence-electron chi connectivity index (χ4n) is 2.32. The average Bonchev–Trinajstić information content (AvgIpc) is 2.87. The summed E-state index contributed by atoms with van der Waals surface area (Å²) in [7, 11) is 0. The lowest BCUT2D eigenvalue weighted by Gasteiger charge is -2.21. The molecule has 0 atom stereocenters. The molecule has 0 unspecified atom stereocenters. The van der Waals surface area contributed by atoms with Crippen LogP contribution in [0.5, 0.6) is 0 Å². The van der Waals surface area contributed by atoms with Crippen molar-refractivity contribution < 1.29 is 4.42 Å². The number of anilines is 1. The van der Waals surface area contributed by atoms with Gasteiger partial charge in [-0.15, -0.1) is 0 Å². The molecule has 0 spiro atoms. The van der Waals surface area contributed by atoms with Crippen LogP contribution < -0.4 is 10.2 Å². The summed E-state index contributed by atoms with van der Waals surface area (Å²) in [5.74, 6) is 1.95. The average molecular weight is 272 g/mol. The zero-order valence-corrected chi connectivity index (χ0v) is 12.6. The Balaban J connectivity index is 1.84. The SMILES string of the molecule is CCN(CC)c1ccc(CNCc2ccc(C)o2)cc1. The molecule has 2 aromatic rings. The first kappa shape index (κ1) is 14.7. The molecule has 20 heavy (non-hydrogen) atoms. The maximum atomic E-state index is 5.53. The first-order valence-corrected chi connectivity index (χ1v) is 7.32. The molecule has 1 aromatic heterocycles. The fraction of sp³-hybridized carbons (Fsp3) is 0.412. The van der Waals surface area contributed by atoms with Crippen LogP contribution in [0.25, 0.3) is 0 Å². The van der Waals surface area contributed by atoms with E-state index in [1.807, 2.05) is 19.1 Å². The summed E-state index contributed by atoms with van der Waals surface area (Å²) in [5.41, 5.74) is 2.59. The zero-order valence-electron chi connectivity index (χ0n) is 12.6. The van der Waals surface area contributed by atoms with E-state index in [1.165, 1.54) is 11.3 Å². The molecule has 0 saturated carbocycles. The molecule has 0 bridgehead atoms. The molecule has 108 valence electrons. The van der Waals surface area contributed by atoms with Crippen LogP contribution in [0.4, 0.5) is 5.69 Å². The predicted octanol–water partition coefficient (Wildman–Crippen LogP) is 3.72. The highest BCUT2D eigenvalue weighted by Crippen LogP contribution is 2.15. The molecule has 3 heteroatoms. The molecule has 0 aliphatic heterocycles. The van der Waals surface area contributed by atoms with E-state index in [0.29, 0.717) is 0 Å². The first-order valence-electron chi connectivity index (χ1n) is 7.32. The maximum absolute atomic E-state index is 5.53. The van der Waals surface area contributed by atoms with Gasteiger partial charge in [0.05, 0.1) is 6.54 Å². The van der Waals surface area contributed by atoms with Crippen LogP contribution in [-0.4, -0.2) is 13.1 Å². The molecule has 2 rings (SSSR count). The minimum atomic E-state index is 0.769. The van der Waals surface area contributed by atoms with Crippen molar-refractivity contribution in [3.8, 4) is 0 Å². The molecule has 0 aliphatic carbocycles. The summed E-state index contributed by atoms with van der Waals surface area (Å²) in [6.45, 7) is 10.1. The molecule has 3 nitrogen and oxygen atoms in total. The third-order valence-electron chi connectivity index (χ3n) is 3.49. The van der Waals surface area contributed by atoms with Gasteiger partial charge in [0.2, 0.25) is 0 Å². The maximum Gasteiger partial charge on any atom is 0.117 e. The van der Waals surface area contributed by atoms with Gasteiger partial charge in [-0.3, -0.25) is 0 Å². The summed E-state index contributed by atoms with van der Waals surface area (Å²) in [4.78, 5) is 2.35. The number of benzene rings is 1. The third kappa shape index (κ3) is 3.87. The van der Waals surface area contributed by atoms with E-state index in [2.05, 4.69) is 48.3 Å². The van der Waals surface area contributed by atoms with Crippen LogP contribution in [0, 0.1) is 6.92 Å². The van der Waals surface area contributed by atoms with Crippen molar-refractivity contribution in [1.29, 1.82) is 0 Å².